The van der Waals surface area contributed by atoms with Gasteiger partial charge in [-0.1, -0.05) is 41.5 Å². The van der Waals surface area contributed by atoms with Gasteiger partial charge in [0.25, 0.3) is 0 Å². The van der Waals surface area contributed by atoms with Crippen LogP contribution in [0.25, 0.3) is 0 Å². The number of rotatable bonds is 11. The van der Waals surface area contributed by atoms with Crippen molar-refractivity contribution in [3.05, 3.63) is 0 Å². The lowest BCUT2D eigenvalue weighted by Crippen LogP contribution is -2.43. The highest BCUT2D eigenvalue weighted by atomic mass is 32.2. The van der Waals surface area contributed by atoms with Crippen LogP contribution in [0.4, 0.5) is 0 Å². The highest BCUT2D eigenvalue weighted by Gasteiger charge is 2.28. The minimum absolute atomic E-state index is 0.139. The van der Waals surface area contributed by atoms with E-state index in [1.54, 1.807) is 4.31 Å². The lowest BCUT2D eigenvalue weighted by molar-refractivity contribution is 0.276. The molecule has 5 heteroatoms. The van der Waals surface area contributed by atoms with Crippen LogP contribution in [-0.4, -0.2) is 43.6 Å². The molecule has 0 atom stereocenters. The summed E-state index contributed by atoms with van der Waals surface area (Å²) in [5, 5.41) is 3.27. The van der Waals surface area contributed by atoms with Gasteiger partial charge in [-0.15, -0.1) is 0 Å². The summed E-state index contributed by atoms with van der Waals surface area (Å²) in [6, 6.07) is 0.545. The maximum Gasteiger partial charge on any atom is 0.214 e. The first-order valence-electron chi connectivity index (χ1n) is 7.97. The van der Waals surface area contributed by atoms with E-state index in [1.165, 1.54) is 0 Å². The minimum Gasteiger partial charge on any atom is -0.314 e. The molecule has 0 aliphatic heterocycles. The van der Waals surface area contributed by atoms with Crippen molar-refractivity contribution in [1.82, 2.24) is 9.62 Å². The van der Waals surface area contributed by atoms with Gasteiger partial charge in [-0.05, 0) is 31.7 Å². The Bertz CT molecular complexity index is 336. The molecule has 0 radical (unpaired) electrons. The lowest BCUT2D eigenvalue weighted by Gasteiger charge is -2.31. The zero-order valence-electron chi connectivity index (χ0n) is 14.1. The number of nitrogens with zero attached hydrogens (tertiary/aromatic N) is 1. The van der Waals surface area contributed by atoms with E-state index < -0.39 is 10.0 Å². The first kappa shape index (κ1) is 19.9. The molecule has 20 heavy (non-hydrogen) atoms. The van der Waals surface area contributed by atoms with Gasteiger partial charge in [-0.25, -0.2) is 8.42 Å². The molecule has 122 valence electrons. The van der Waals surface area contributed by atoms with Crippen LogP contribution in [0.15, 0.2) is 0 Å². The third-order valence-electron chi connectivity index (χ3n) is 3.38. The van der Waals surface area contributed by atoms with Crippen molar-refractivity contribution in [3.8, 4) is 0 Å². The molecule has 0 aromatic heterocycles. The molecule has 0 saturated heterocycles. The molecule has 4 nitrogen and oxygen atoms in total. The summed E-state index contributed by atoms with van der Waals surface area (Å²) in [4.78, 5) is 0. The van der Waals surface area contributed by atoms with Crippen molar-refractivity contribution in [2.45, 2.75) is 72.9 Å². The molecular weight excluding hydrogens is 272 g/mol. The van der Waals surface area contributed by atoms with E-state index >= 15 is 0 Å². The molecule has 0 spiro atoms. The molecule has 0 aliphatic rings. The van der Waals surface area contributed by atoms with Crippen LogP contribution in [0.5, 0.6) is 0 Å². The monoisotopic (exact) mass is 306 g/mol. The summed E-state index contributed by atoms with van der Waals surface area (Å²) in [6.07, 6.45) is 2.44. The summed E-state index contributed by atoms with van der Waals surface area (Å²) in [5.41, 5.74) is 0. The Labute approximate surface area is 126 Å². The fourth-order valence-corrected chi connectivity index (χ4v) is 4.33. The number of nitrogens with one attached hydrogen (secondary N) is 1. The smallest absolute Gasteiger partial charge is 0.214 e. The SMILES string of the molecule is CCC(CC)N(CC(C)C)S(=O)(=O)CCCNC(C)C. The van der Waals surface area contributed by atoms with Gasteiger partial charge in [-0.3, -0.25) is 0 Å². The molecule has 0 aromatic rings. The molecule has 0 unspecified atom stereocenters. The summed E-state index contributed by atoms with van der Waals surface area (Å²) in [5.74, 6) is 0.606. The van der Waals surface area contributed by atoms with Crippen LogP contribution in [0.3, 0.4) is 0 Å². The summed E-state index contributed by atoms with van der Waals surface area (Å²) in [7, 11) is -3.15. The summed E-state index contributed by atoms with van der Waals surface area (Å²) < 4.78 is 26.9. The van der Waals surface area contributed by atoms with Gasteiger partial charge in [0.05, 0.1) is 5.75 Å². The average molecular weight is 307 g/mol. The van der Waals surface area contributed by atoms with Crippen molar-refractivity contribution in [2.24, 2.45) is 5.92 Å². The molecule has 0 saturated carbocycles. The Morgan fingerprint density at radius 2 is 1.60 bits per heavy atom. The first-order valence-corrected chi connectivity index (χ1v) is 9.58. The Hall–Kier alpha value is -0.130. The van der Waals surface area contributed by atoms with E-state index in [9.17, 15) is 8.42 Å². The predicted molar refractivity (Wildman–Crippen MR) is 87.5 cm³/mol. The zero-order valence-corrected chi connectivity index (χ0v) is 15.0. The van der Waals surface area contributed by atoms with Gasteiger partial charge in [0.2, 0.25) is 10.0 Å². The number of sulfonamides is 1. The van der Waals surface area contributed by atoms with Gasteiger partial charge < -0.3 is 5.32 Å². The van der Waals surface area contributed by atoms with Crippen molar-refractivity contribution < 1.29 is 8.42 Å². The third kappa shape index (κ3) is 7.60. The number of hydrogen-bond donors (Lipinski definition) is 1. The molecule has 0 aromatic carbocycles. The van der Waals surface area contributed by atoms with Crippen molar-refractivity contribution in [2.75, 3.05) is 18.8 Å². The van der Waals surface area contributed by atoms with E-state index in [-0.39, 0.29) is 11.8 Å². The van der Waals surface area contributed by atoms with Crippen LogP contribution in [-0.2, 0) is 10.0 Å². The Morgan fingerprint density at radius 3 is 2.00 bits per heavy atom. The second kappa shape index (κ2) is 9.74. The Balaban J connectivity index is 4.68. The predicted octanol–water partition coefficient (Wildman–Crippen LogP) is 2.85. The second-order valence-corrected chi connectivity index (χ2v) is 8.25. The third-order valence-corrected chi connectivity index (χ3v) is 5.35. The Kier molecular flexibility index (Phi) is 9.68. The topological polar surface area (TPSA) is 49.4 Å². The molecule has 0 rings (SSSR count). The molecule has 0 fully saturated rings. The number of hydrogen-bond acceptors (Lipinski definition) is 3. The largest absolute Gasteiger partial charge is 0.314 e. The average Bonchev–Trinajstić information content (AvgIpc) is 2.34. The fraction of sp³-hybridized carbons (Fsp3) is 1.00. The van der Waals surface area contributed by atoms with Gasteiger partial charge in [0.1, 0.15) is 0 Å². The van der Waals surface area contributed by atoms with Crippen LogP contribution < -0.4 is 5.32 Å². The van der Waals surface area contributed by atoms with Crippen LogP contribution in [0, 0.1) is 5.92 Å². The van der Waals surface area contributed by atoms with Crippen molar-refractivity contribution in [3.63, 3.8) is 0 Å². The molecule has 0 amide bonds. The molecule has 0 bridgehead atoms. The van der Waals surface area contributed by atoms with E-state index in [2.05, 4.69) is 46.9 Å². The van der Waals surface area contributed by atoms with Gasteiger partial charge >= 0.3 is 0 Å². The van der Waals surface area contributed by atoms with E-state index in [4.69, 9.17) is 0 Å². The van der Waals surface area contributed by atoms with Crippen LogP contribution >= 0.6 is 0 Å². The van der Waals surface area contributed by atoms with Crippen molar-refractivity contribution >= 4 is 10.0 Å². The van der Waals surface area contributed by atoms with Gasteiger partial charge in [-0.2, -0.15) is 4.31 Å². The van der Waals surface area contributed by atoms with E-state index in [0.29, 0.717) is 24.9 Å². The quantitative estimate of drug-likeness (QED) is 0.597. The summed E-state index contributed by atoms with van der Waals surface area (Å²) in [6.45, 7) is 13.8. The highest BCUT2D eigenvalue weighted by molar-refractivity contribution is 7.89. The van der Waals surface area contributed by atoms with Gasteiger partial charge in [0, 0.05) is 18.6 Å². The van der Waals surface area contributed by atoms with Crippen LogP contribution in [0.1, 0.15) is 60.8 Å². The van der Waals surface area contributed by atoms with Gasteiger partial charge in [0.15, 0.2) is 0 Å². The standard InChI is InChI=1S/C15H34N2O2S/c1-7-15(8-2)17(12-13(3)4)20(18,19)11-9-10-16-14(5)6/h13-16H,7-12H2,1-6H3. The maximum atomic E-state index is 12.6. The normalized spacial score (nSPS) is 13.1. The van der Waals surface area contributed by atoms with Crippen LogP contribution in [0.2, 0.25) is 0 Å². The van der Waals surface area contributed by atoms with E-state index in [0.717, 1.165) is 19.4 Å². The molecule has 0 aliphatic carbocycles. The van der Waals surface area contributed by atoms with Crippen molar-refractivity contribution in [1.29, 1.82) is 0 Å². The first-order chi connectivity index (χ1) is 9.24. The summed E-state index contributed by atoms with van der Waals surface area (Å²) >= 11 is 0. The van der Waals surface area contributed by atoms with E-state index in [1.807, 2.05) is 0 Å². The fourth-order valence-electron chi connectivity index (χ4n) is 2.31. The maximum absolute atomic E-state index is 12.6. The Morgan fingerprint density at radius 1 is 1.05 bits per heavy atom. The highest BCUT2D eigenvalue weighted by Crippen LogP contribution is 2.17. The minimum atomic E-state index is -3.15. The zero-order chi connectivity index (χ0) is 15.8. The lowest BCUT2D eigenvalue weighted by atomic mass is 10.1. The second-order valence-electron chi connectivity index (χ2n) is 6.21. The molecule has 1 N–H and O–H groups in total. The molecule has 0 heterocycles. The molecular formula is C15H34N2O2S.